The molecule has 1 aromatic heterocycles. The number of pyridine rings is 1. The third kappa shape index (κ3) is 3.78. The molecular formula is C22H30N2O2. The third-order valence-electron chi connectivity index (χ3n) is 6.35. The summed E-state index contributed by atoms with van der Waals surface area (Å²) in [6.45, 7) is 8.76. The van der Waals surface area contributed by atoms with Gasteiger partial charge in [0.2, 0.25) is 0 Å². The van der Waals surface area contributed by atoms with Crippen LogP contribution in [-0.4, -0.2) is 49.4 Å². The van der Waals surface area contributed by atoms with Crippen molar-refractivity contribution in [2.45, 2.75) is 32.7 Å². The van der Waals surface area contributed by atoms with E-state index in [9.17, 15) is 0 Å². The topological polar surface area (TPSA) is 34.6 Å². The Balaban J connectivity index is 1.39. The fraction of sp³-hybridized carbons (Fsp3) is 0.591. The summed E-state index contributed by atoms with van der Waals surface area (Å²) < 4.78 is 11.5. The van der Waals surface area contributed by atoms with Gasteiger partial charge in [0, 0.05) is 31.1 Å². The monoisotopic (exact) mass is 354 g/mol. The van der Waals surface area contributed by atoms with E-state index in [2.05, 4.69) is 48.2 Å². The molecular weight excluding hydrogens is 324 g/mol. The summed E-state index contributed by atoms with van der Waals surface area (Å²) in [6, 6.07) is 12.7. The number of ether oxygens (including phenoxy) is 2. The van der Waals surface area contributed by atoms with E-state index in [0.717, 1.165) is 51.6 Å². The Morgan fingerprint density at radius 1 is 1.15 bits per heavy atom. The van der Waals surface area contributed by atoms with Gasteiger partial charge in [-0.05, 0) is 56.8 Å². The van der Waals surface area contributed by atoms with Gasteiger partial charge in [-0.3, -0.25) is 9.88 Å². The van der Waals surface area contributed by atoms with E-state index in [1.165, 1.54) is 30.3 Å². The number of para-hydroxylation sites is 1. The molecule has 1 spiro atoms. The molecule has 26 heavy (non-hydrogen) atoms. The van der Waals surface area contributed by atoms with Gasteiger partial charge in [0.25, 0.3) is 0 Å². The minimum absolute atomic E-state index is 0.417. The number of hydrogen-bond acceptors (Lipinski definition) is 4. The van der Waals surface area contributed by atoms with Crippen LogP contribution in [0.4, 0.5) is 0 Å². The van der Waals surface area contributed by atoms with Crippen LogP contribution in [0.1, 0.15) is 31.9 Å². The summed E-state index contributed by atoms with van der Waals surface area (Å²) in [5.74, 6) is 0.553. The molecule has 4 nitrogen and oxygen atoms in total. The Kier molecular flexibility index (Phi) is 5.53. The van der Waals surface area contributed by atoms with Gasteiger partial charge < -0.3 is 9.47 Å². The summed E-state index contributed by atoms with van der Waals surface area (Å²) in [7, 11) is 0. The molecule has 0 bridgehead atoms. The number of benzene rings is 1. The van der Waals surface area contributed by atoms with Gasteiger partial charge in [-0.25, -0.2) is 0 Å². The predicted molar refractivity (Wildman–Crippen MR) is 104 cm³/mol. The van der Waals surface area contributed by atoms with Gasteiger partial charge in [-0.2, -0.15) is 0 Å². The van der Waals surface area contributed by atoms with E-state index in [4.69, 9.17) is 14.5 Å². The van der Waals surface area contributed by atoms with Crippen molar-refractivity contribution >= 4 is 10.9 Å². The van der Waals surface area contributed by atoms with Crippen LogP contribution in [0, 0.1) is 11.3 Å². The average Bonchev–Trinajstić information content (AvgIpc) is 2.69. The first kappa shape index (κ1) is 17.9. The molecule has 4 heteroatoms. The lowest BCUT2D eigenvalue weighted by molar-refractivity contribution is -0.0993. The summed E-state index contributed by atoms with van der Waals surface area (Å²) in [5, 5.41) is 1.22. The van der Waals surface area contributed by atoms with E-state index in [1.54, 1.807) is 0 Å². The second kappa shape index (κ2) is 8.03. The summed E-state index contributed by atoms with van der Waals surface area (Å²) >= 11 is 0. The summed E-state index contributed by atoms with van der Waals surface area (Å²) in [6.07, 6.45) is 3.69. The van der Waals surface area contributed by atoms with Gasteiger partial charge in [-0.15, -0.1) is 0 Å². The van der Waals surface area contributed by atoms with E-state index in [0.29, 0.717) is 11.3 Å². The molecule has 0 amide bonds. The number of nitrogens with zero attached hydrogens (tertiary/aromatic N) is 2. The standard InChI is InChI=1S/C22H30N2O2/c1-2-25-16-19-17-26-14-11-22(19)9-12-24(13-10-22)15-20-8-7-18-5-3-4-6-21(18)23-20/h3-8,19H,2,9-17H2,1H3/t19-/m0/s1. The molecule has 2 aromatic rings. The van der Waals surface area contributed by atoms with Crippen LogP contribution in [-0.2, 0) is 16.0 Å². The van der Waals surface area contributed by atoms with Gasteiger partial charge in [0.15, 0.2) is 0 Å². The molecule has 4 rings (SSSR count). The van der Waals surface area contributed by atoms with Crippen LogP contribution >= 0.6 is 0 Å². The number of aromatic nitrogens is 1. The second-order valence-electron chi connectivity index (χ2n) is 7.82. The van der Waals surface area contributed by atoms with E-state index in [-0.39, 0.29) is 0 Å². The number of hydrogen-bond donors (Lipinski definition) is 0. The van der Waals surface area contributed by atoms with Gasteiger partial charge >= 0.3 is 0 Å². The smallest absolute Gasteiger partial charge is 0.0705 e. The number of piperidine rings is 1. The average molecular weight is 354 g/mol. The number of likely N-dealkylation sites (tertiary alicyclic amines) is 1. The quantitative estimate of drug-likeness (QED) is 0.816. The third-order valence-corrected chi connectivity index (χ3v) is 6.35. The lowest BCUT2D eigenvalue weighted by Crippen LogP contribution is -2.49. The Bertz CT molecular complexity index is 725. The molecule has 2 saturated heterocycles. The van der Waals surface area contributed by atoms with E-state index >= 15 is 0 Å². The van der Waals surface area contributed by atoms with Crippen molar-refractivity contribution < 1.29 is 9.47 Å². The van der Waals surface area contributed by atoms with Gasteiger partial charge in [-0.1, -0.05) is 24.3 Å². The maximum absolute atomic E-state index is 5.77. The fourth-order valence-corrected chi connectivity index (χ4v) is 4.61. The van der Waals surface area contributed by atoms with Crippen molar-refractivity contribution in [3.8, 4) is 0 Å². The van der Waals surface area contributed by atoms with Crippen LogP contribution in [0.25, 0.3) is 10.9 Å². The molecule has 0 saturated carbocycles. The normalized spacial score (nSPS) is 23.5. The van der Waals surface area contributed by atoms with Crippen molar-refractivity contribution in [1.82, 2.24) is 9.88 Å². The Hall–Kier alpha value is -1.49. The van der Waals surface area contributed by atoms with E-state index in [1.807, 2.05) is 0 Å². The molecule has 0 N–H and O–H groups in total. The largest absolute Gasteiger partial charge is 0.381 e. The molecule has 1 aromatic carbocycles. The summed E-state index contributed by atoms with van der Waals surface area (Å²) in [4.78, 5) is 7.41. The Morgan fingerprint density at radius 2 is 2.00 bits per heavy atom. The minimum Gasteiger partial charge on any atom is -0.381 e. The molecule has 2 aliphatic rings. The van der Waals surface area contributed by atoms with Crippen LogP contribution in [0.5, 0.6) is 0 Å². The maximum atomic E-state index is 5.77. The van der Waals surface area contributed by atoms with E-state index < -0.39 is 0 Å². The fourth-order valence-electron chi connectivity index (χ4n) is 4.61. The molecule has 1 atom stereocenters. The molecule has 2 aliphatic heterocycles. The first-order valence-corrected chi connectivity index (χ1v) is 10.0. The number of fused-ring (bicyclic) bond motifs is 1. The zero-order chi connectivity index (χ0) is 17.8. The van der Waals surface area contributed by atoms with Crippen LogP contribution in [0.3, 0.4) is 0 Å². The maximum Gasteiger partial charge on any atom is 0.0705 e. The minimum atomic E-state index is 0.417. The molecule has 0 radical (unpaired) electrons. The zero-order valence-corrected chi connectivity index (χ0v) is 15.8. The lowest BCUT2D eigenvalue weighted by atomic mass is 9.66. The van der Waals surface area contributed by atoms with Crippen molar-refractivity contribution in [3.63, 3.8) is 0 Å². The Morgan fingerprint density at radius 3 is 2.85 bits per heavy atom. The molecule has 0 aliphatic carbocycles. The SMILES string of the molecule is CCOC[C@H]1COCCC12CCN(Cc1ccc3ccccc3n1)CC2. The van der Waals surface area contributed by atoms with Crippen LogP contribution < -0.4 is 0 Å². The zero-order valence-electron chi connectivity index (χ0n) is 15.8. The molecule has 3 heterocycles. The lowest BCUT2D eigenvalue weighted by Gasteiger charge is -2.49. The van der Waals surface area contributed by atoms with Crippen molar-refractivity contribution in [2.24, 2.45) is 11.3 Å². The van der Waals surface area contributed by atoms with Gasteiger partial charge in [0.05, 0.1) is 24.4 Å². The highest BCUT2D eigenvalue weighted by molar-refractivity contribution is 5.78. The molecule has 140 valence electrons. The second-order valence-corrected chi connectivity index (χ2v) is 7.82. The van der Waals surface area contributed by atoms with Crippen molar-refractivity contribution in [3.05, 3.63) is 42.1 Å². The highest BCUT2D eigenvalue weighted by Crippen LogP contribution is 2.45. The first-order valence-electron chi connectivity index (χ1n) is 10.0. The number of rotatable bonds is 5. The Labute approximate surface area is 156 Å². The van der Waals surface area contributed by atoms with Gasteiger partial charge in [0.1, 0.15) is 0 Å². The first-order chi connectivity index (χ1) is 12.8. The van der Waals surface area contributed by atoms with Crippen LogP contribution in [0.2, 0.25) is 0 Å². The highest BCUT2D eigenvalue weighted by atomic mass is 16.5. The molecule has 2 fully saturated rings. The van der Waals surface area contributed by atoms with Crippen molar-refractivity contribution in [2.75, 3.05) is 39.5 Å². The predicted octanol–water partition coefficient (Wildman–Crippen LogP) is 3.89. The summed E-state index contributed by atoms with van der Waals surface area (Å²) in [5.41, 5.74) is 2.69. The van der Waals surface area contributed by atoms with Crippen molar-refractivity contribution in [1.29, 1.82) is 0 Å². The molecule has 0 unspecified atom stereocenters. The van der Waals surface area contributed by atoms with Crippen LogP contribution in [0.15, 0.2) is 36.4 Å². The highest BCUT2D eigenvalue weighted by Gasteiger charge is 2.43.